The SMILES string of the molecule is COc1ccc(C)cc1NC(=O)CNC(=O)CN1CCCC(c2nc(-c3ccc(F)cc3)no2)C1. The summed E-state index contributed by atoms with van der Waals surface area (Å²) >= 11 is 0. The molecule has 35 heavy (non-hydrogen) atoms. The summed E-state index contributed by atoms with van der Waals surface area (Å²) in [6.07, 6.45) is 1.74. The lowest BCUT2D eigenvalue weighted by Crippen LogP contribution is -2.43. The Labute approximate surface area is 202 Å². The topological polar surface area (TPSA) is 110 Å². The Hall–Kier alpha value is -3.79. The van der Waals surface area contributed by atoms with Crippen molar-refractivity contribution in [3.8, 4) is 17.1 Å². The number of hydrogen-bond donors (Lipinski definition) is 2. The summed E-state index contributed by atoms with van der Waals surface area (Å²) in [4.78, 5) is 31.3. The highest BCUT2D eigenvalue weighted by atomic mass is 19.1. The summed E-state index contributed by atoms with van der Waals surface area (Å²) in [5.74, 6) is 0.555. The zero-order chi connectivity index (χ0) is 24.8. The average Bonchev–Trinajstić information content (AvgIpc) is 3.34. The van der Waals surface area contributed by atoms with Crippen molar-refractivity contribution in [2.75, 3.05) is 38.6 Å². The Morgan fingerprint density at radius 2 is 2.00 bits per heavy atom. The molecule has 1 aliphatic heterocycles. The van der Waals surface area contributed by atoms with Crippen LogP contribution in [0.25, 0.3) is 11.4 Å². The molecule has 184 valence electrons. The molecular formula is C25H28FN5O4. The molecule has 0 spiro atoms. The van der Waals surface area contributed by atoms with Gasteiger partial charge in [-0.2, -0.15) is 4.98 Å². The summed E-state index contributed by atoms with van der Waals surface area (Å²) < 4.78 is 23.9. The second-order valence-electron chi connectivity index (χ2n) is 8.57. The summed E-state index contributed by atoms with van der Waals surface area (Å²) in [5, 5.41) is 9.46. The fourth-order valence-electron chi connectivity index (χ4n) is 4.07. The van der Waals surface area contributed by atoms with Gasteiger partial charge in [0.05, 0.1) is 31.8 Å². The van der Waals surface area contributed by atoms with Crippen LogP contribution in [0.15, 0.2) is 47.0 Å². The van der Waals surface area contributed by atoms with Crippen LogP contribution < -0.4 is 15.4 Å². The fraction of sp³-hybridized carbons (Fsp3) is 0.360. The van der Waals surface area contributed by atoms with Crippen molar-refractivity contribution in [1.29, 1.82) is 0 Å². The summed E-state index contributed by atoms with van der Waals surface area (Å²) in [7, 11) is 1.53. The normalized spacial score (nSPS) is 16.0. The molecule has 0 aliphatic carbocycles. The van der Waals surface area contributed by atoms with Gasteiger partial charge in [0.2, 0.25) is 23.5 Å². The molecule has 9 nitrogen and oxygen atoms in total. The van der Waals surface area contributed by atoms with Crippen LogP contribution in [0.1, 0.15) is 30.2 Å². The van der Waals surface area contributed by atoms with E-state index in [0.29, 0.717) is 35.3 Å². The van der Waals surface area contributed by atoms with Gasteiger partial charge in [-0.1, -0.05) is 11.2 Å². The van der Waals surface area contributed by atoms with Gasteiger partial charge in [0.15, 0.2) is 0 Å². The molecule has 0 radical (unpaired) electrons. The Kier molecular flexibility index (Phi) is 7.71. The van der Waals surface area contributed by atoms with Crippen molar-refractivity contribution in [3.63, 3.8) is 0 Å². The van der Waals surface area contributed by atoms with Crippen LogP contribution in [-0.4, -0.2) is 60.1 Å². The predicted molar refractivity (Wildman–Crippen MR) is 127 cm³/mol. The van der Waals surface area contributed by atoms with Crippen molar-refractivity contribution in [3.05, 3.63) is 59.7 Å². The number of benzene rings is 2. The van der Waals surface area contributed by atoms with Gasteiger partial charge in [0.1, 0.15) is 11.6 Å². The molecule has 2 amide bonds. The first-order chi connectivity index (χ1) is 16.9. The van der Waals surface area contributed by atoms with Crippen molar-refractivity contribution in [2.45, 2.75) is 25.7 Å². The van der Waals surface area contributed by atoms with Crippen molar-refractivity contribution >= 4 is 17.5 Å². The maximum absolute atomic E-state index is 13.2. The number of aromatic nitrogens is 2. The third-order valence-corrected chi connectivity index (χ3v) is 5.84. The third kappa shape index (κ3) is 6.42. The Morgan fingerprint density at radius 1 is 1.20 bits per heavy atom. The monoisotopic (exact) mass is 481 g/mol. The fourth-order valence-corrected chi connectivity index (χ4v) is 4.07. The number of carbonyl (C=O) groups excluding carboxylic acids is 2. The smallest absolute Gasteiger partial charge is 0.243 e. The average molecular weight is 482 g/mol. The number of likely N-dealkylation sites (tertiary alicyclic amines) is 1. The molecule has 1 unspecified atom stereocenters. The van der Waals surface area contributed by atoms with E-state index in [0.717, 1.165) is 24.9 Å². The van der Waals surface area contributed by atoms with Crippen molar-refractivity contribution in [1.82, 2.24) is 20.4 Å². The van der Waals surface area contributed by atoms with E-state index >= 15 is 0 Å². The van der Waals surface area contributed by atoms with E-state index < -0.39 is 0 Å². The Bertz CT molecular complexity index is 1180. The minimum atomic E-state index is -0.335. The molecule has 4 rings (SSSR count). The number of rotatable bonds is 8. The number of nitrogens with one attached hydrogen (secondary N) is 2. The van der Waals surface area contributed by atoms with Crippen LogP contribution in [0, 0.1) is 12.7 Å². The van der Waals surface area contributed by atoms with Crippen LogP contribution in [-0.2, 0) is 9.59 Å². The molecule has 1 aliphatic rings. The molecule has 1 fully saturated rings. The quantitative estimate of drug-likeness (QED) is 0.509. The van der Waals surface area contributed by atoms with Gasteiger partial charge in [-0.3, -0.25) is 14.5 Å². The zero-order valence-electron chi connectivity index (χ0n) is 19.7. The van der Waals surface area contributed by atoms with Gasteiger partial charge < -0.3 is 19.9 Å². The Balaban J connectivity index is 1.27. The van der Waals surface area contributed by atoms with Crippen LogP contribution in [0.4, 0.5) is 10.1 Å². The molecule has 0 saturated carbocycles. The van der Waals surface area contributed by atoms with Gasteiger partial charge in [0.25, 0.3) is 0 Å². The van der Waals surface area contributed by atoms with E-state index in [-0.39, 0.29) is 36.6 Å². The number of piperidine rings is 1. The summed E-state index contributed by atoms with van der Waals surface area (Å²) in [6, 6.07) is 11.4. The number of amides is 2. The van der Waals surface area contributed by atoms with Crippen molar-refractivity contribution in [2.24, 2.45) is 0 Å². The first kappa shape index (κ1) is 24.3. The summed E-state index contributed by atoms with van der Waals surface area (Å²) in [6.45, 7) is 3.29. The number of ether oxygens (including phenoxy) is 1. The van der Waals surface area contributed by atoms with Crippen LogP contribution in [0.5, 0.6) is 5.75 Å². The lowest BCUT2D eigenvalue weighted by molar-refractivity contribution is -0.125. The number of methoxy groups -OCH3 is 1. The molecule has 1 aromatic heterocycles. The van der Waals surface area contributed by atoms with E-state index in [1.165, 1.54) is 19.2 Å². The second-order valence-corrected chi connectivity index (χ2v) is 8.57. The standard InChI is InChI=1S/C25H28FN5O4/c1-16-5-10-21(34-2)20(12-16)28-22(32)13-27-23(33)15-31-11-3-4-18(14-31)25-29-24(30-35-25)17-6-8-19(26)9-7-17/h5-10,12,18H,3-4,11,13-15H2,1-2H3,(H,27,33)(H,28,32). The molecule has 2 N–H and O–H groups in total. The zero-order valence-corrected chi connectivity index (χ0v) is 19.7. The summed E-state index contributed by atoms with van der Waals surface area (Å²) in [5.41, 5.74) is 2.22. The van der Waals surface area contributed by atoms with E-state index in [1.807, 2.05) is 24.0 Å². The van der Waals surface area contributed by atoms with E-state index in [9.17, 15) is 14.0 Å². The maximum atomic E-state index is 13.2. The van der Waals surface area contributed by atoms with Crippen molar-refractivity contribution < 1.29 is 23.2 Å². The highest BCUT2D eigenvalue weighted by Gasteiger charge is 2.27. The molecule has 1 saturated heterocycles. The molecule has 2 heterocycles. The molecule has 1 atom stereocenters. The van der Waals surface area contributed by atoms with Crippen LogP contribution in [0.2, 0.25) is 0 Å². The van der Waals surface area contributed by atoms with Crippen LogP contribution >= 0.6 is 0 Å². The third-order valence-electron chi connectivity index (χ3n) is 5.84. The molecule has 10 heteroatoms. The Morgan fingerprint density at radius 3 is 2.77 bits per heavy atom. The largest absolute Gasteiger partial charge is 0.495 e. The van der Waals surface area contributed by atoms with E-state index in [1.54, 1.807) is 18.2 Å². The second kappa shape index (κ2) is 11.1. The highest BCUT2D eigenvalue weighted by Crippen LogP contribution is 2.28. The first-order valence-electron chi connectivity index (χ1n) is 11.4. The number of carbonyl (C=O) groups is 2. The van der Waals surface area contributed by atoms with E-state index in [4.69, 9.17) is 9.26 Å². The van der Waals surface area contributed by atoms with Gasteiger partial charge in [0, 0.05) is 12.1 Å². The number of anilines is 1. The van der Waals surface area contributed by atoms with Crippen LogP contribution in [0.3, 0.4) is 0 Å². The highest BCUT2D eigenvalue weighted by molar-refractivity contribution is 5.96. The molecule has 3 aromatic rings. The predicted octanol–water partition coefficient (Wildman–Crippen LogP) is 3.13. The number of hydrogen-bond acceptors (Lipinski definition) is 7. The van der Waals surface area contributed by atoms with E-state index in [2.05, 4.69) is 20.8 Å². The van der Waals surface area contributed by atoms with Gasteiger partial charge in [-0.25, -0.2) is 4.39 Å². The number of aryl methyl sites for hydroxylation is 1. The number of halogens is 1. The maximum Gasteiger partial charge on any atom is 0.243 e. The molecule has 2 aromatic carbocycles. The lowest BCUT2D eigenvalue weighted by atomic mass is 9.98. The first-order valence-corrected chi connectivity index (χ1v) is 11.4. The minimum Gasteiger partial charge on any atom is -0.495 e. The minimum absolute atomic E-state index is 0.00432. The molecule has 0 bridgehead atoms. The lowest BCUT2D eigenvalue weighted by Gasteiger charge is -2.30. The number of nitrogens with zero attached hydrogens (tertiary/aromatic N) is 3. The van der Waals surface area contributed by atoms with Gasteiger partial charge >= 0.3 is 0 Å². The van der Waals surface area contributed by atoms with Gasteiger partial charge in [-0.15, -0.1) is 0 Å². The molecular weight excluding hydrogens is 453 g/mol. The van der Waals surface area contributed by atoms with Gasteiger partial charge in [-0.05, 0) is 68.3 Å².